The maximum absolute atomic E-state index is 5.98. The van der Waals surface area contributed by atoms with Gasteiger partial charge in [-0.3, -0.25) is 0 Å². The summed E-state index contributed by atoms with van der Waals surface area (Å²) in [4.78, 5) is 0. The zero-order valence-corrected chi connectivity index (χ0v) is 11.3. The van der Waals surface area contributed by atoms with Crippen molar-refractivity contribution in [1.82, 2.24) is 5.32 Å². The van der Waals surface area contributed by atoms with Crippen LogP contribution in [0.5, 0.6) is 5.75 Å². The molecule has 2 aromatic rings. The molecule has 3 rings (SSSR count). The molecule has 0 radical (unpaired) electrons. The van der Waals surface area contributed by atoms with Crippen molar-refractivity contribution >= 4 is 10.8 Å². The number of hydrogen-bond acceptors (Lipinski definition) is 2. The van der Waals surface area contributed by atoms with Gasteiger partial charge in [-0.2, -0.15) is 0 Å². The fourth-order valence-corrected chi connectivity index (χ4v) is 2.80. The largest absolute Gasteiger partial charge is 0.493 e. The van der Waals surface area contributed by atoms with Gasteiger partial charge in [0.2, 0.25) is 0 Å². The molecule has 19 heavy (non-hydrogen) atoms. The van der Waals surface area contributed by atoms with Crippen molar-refractivity contribution < 1.29 is 4.74 Å². The predicted molar refractivity (Wildman–Crippen MR) is 79.7 cm³/mol. The second-order valence-corrected chi connectivity index (χ2v) is 5.26. The van der Waals surface area contributed by atoms with Crippen LogP contribution in [0, 0.1) is 0 Å². The molecule has 0 aromatic heterocycles. The van der Waals surface area contributed by atoms with E-state index in [1.54, 1.807) is 0 Å². The van der Waals surface area contributed by atoms with Crippen molar-refractivity contribution in [3.63, 3.8) is 0 Å². The molecule has 1 atom stereocenters. The van der Waals surface area contributed by atoms with E-state index in [4.69, 9.17) is 4.74 Å². The number of rotatable bonds is 4. The summed E-state index contributed by atoms with van der Waals surface area (Å²) in [6, 6.07) is 15.3. The Hall–Kier alpha value is -1.54. The van der Waals surface area contributed by atoms with E-state index in [-0.39, 0.29) is 0 Å². The first-order valence-corrected chi connectivity index (χ1v) is 7.27. The molecule has 1 aliphatic rings. The van der Waals surface area contributed by atoms with E-state index in [9.17, 15) is 0 Å². The van der Waals surface area contributed by atoms with Gasteiger partial charge in [0, 0.05) is 11.4 Å². The van der Waals surface area contributed by atoms with Crippen molar-refractivity contribution in [3.8, 4) is 5.75 Å². The maximum Gasteiger partial charge on any atom is 0.127 e. The Labute approximate surface area is 114 Å². The van der Waals surface area contributed by atoms with Gasteiger partial charge >= 0.3 is 0 Å². The molecule has 1 fully saturated rings. The van der Waals surface area contributed by atoms with Crippen LogP contribution in [0.1, 0.15) is 25.7 Å². The molecule has 0 bridgehead atoms. The minimum absolute atomic E-state index is 0.642. The van der Waals surface area contributed by atoms with E-state index in [1.807, 2.05) is 0 Å². The highest BCUT2D eigenvalue weighted by molar-refractivity contribution is 5.88. The summed E-state index contributed by atoms with van der Waals surface area (Å²) in [6.45, 7) is 1.96. The van der Waals surface area contributed by atoms with Gasteiger partial charge in [0.25, 0.3) is 0 Å². The molecule has 0 saturated carbocycles. The molecule has 0 amide bonds. The fourth-order valence-electron chi connectivity index (χ4n) is 2.80. The Bertz CT molecular complexity index is 526. The molecule has 0 unspecified atom stereocenters. The quantitative estimate of drug-likeness (QED) is 0.898. The van der Waals surface area contributed by atoms with E-state index in [0.717, 1.165) is 18.8 Å². The molecule has 0 aliphatic carbocycles. The molecule has 1 N–H and O–H groups in total. The molecule has 0 spiro atoms. The van der Waals surface area contributed by atoms with Crippen LogP contribution in [-0.4, -0.2) is 19.2 Å². The highest BCUT2D eigenvalue weighted by atomic mass is 16.5. The first-order valence-electron chi connectivity index (χ1n) is 7.27. The van der Waals surface area contributed by atoms with Crippen LogP contribution < -0.4 is 10.1 Å². The smallest absolute Gasteiger partial charge is 0.127 e. The summed E-state index contributed by atoms with van der Waals surface area (Å²) in [6.07, 6.45) is 5.06. The molecule has 1 aliphatic heterocycles. The molecule has 100 valence electrons. The van der Waals surface area contributed by atoms with Gasteiger partial charge in [-0.25, -0.2) is 0 Å². The Morgan fingerprint density at radius 3 is 2.84 bits per heavy atom. The first-order chi connectivity index (χ1) is 9.43. The van der Waals surface area contributed by atoms with E-state index in [2.05, 4.69) is 47.8 Å². The standard InChI is InChI=1S/C17H21NO/c1-2-9-16-14(6-1)7-5-10-17(16)19-13-11-15-8-3-4-12-18-15/h1-2,5-7,9-10,15,18H,3-4,8,11-13H2/t15-/m0/s1. The fraction of sp³-hybridized carbons (Fsp3) is 0.412. The zero-order chi connectivity index (χ0) is 12.9. The summed E-state index contributed by atoms with van der Waals surface area (Å²) in [5, 5.41) is 6.02. The molecule has 1 saturated heterocycles. The Kier molecular flexibility index (Phi) is 3.99. The molecule has 2 aromatic carbocycles. The molecule has 2 heteroatoms. The van der Waals surface area contributed by atoms with Gasteiger partial charge in [0.15, 0.2) is 0 Å². The Morgan fingerprint density at radius 1 is 1.05 bits per heavy atom. The van der Waals surface area contributed by atoms with Gasteiger partial charge in [0.05, 0.1) is 6.61 Å². The SMILES string of the molecule is c1ccc2c(OCC[C@@H]3CCCCN3)cccc2c1. The lowest BCUT2D eigenvalue weighted by molar-refractivity contribution is 0.270. The van der Waals surface area contributed by atoms with E-state index >= 15 is 0 Å². The number of nitrogens with one attached hydrogen (secondary N) is 1. The van der Waals surface area contributed by atoms with Crippen LogP contribution in [0.4, 0.5) is 0 Å². The molecule has 1 heterocycles. The lowest BCUT2D eigenvalue weighted by atomic mass is 10.0. The zero-order valence-electron chi connectivity index (χ0n) is 11.3. The number of ether oxygens (including phenoxy) is 1. The number of benzene rings is 2. The van der Waals surface area contributed by atoms with Crippen LogP contribution in [0.2, 0.25) is 0 Å². The molecular formula is C17H21NO. The third kappa shape index (κ3) is 3.07. The van der Waals surface area contributed by atoms with Crippen molar-refractivity contribution in [1.29, 1.82) is 0 Å². The average molecular weight is 255 g/mol. The summed E-state index contributed by atoms with van der Waals surface area (Å²) in [7, 11) is 0. The second kappa shape index (κ2) is 6.07. The normalized spacial score (nSPS) is 19.5. The minimum Gasteiger partial charge on any atom is -0.493 e. The summed E-state index contributed by atoms with van der Waals surface area (Å²) in [5.74, 6) is 1.01. The van der Waals surface area contributed by atoms with Crippen molar-refractivity contribution in [3.05, 3.63) is 42.5 Å². The van der Waals surface area contributed by atoms with Crippen molar-refractivity contribution in [2.45, 2.75) is 31.7 Å². The monoisotopic (exact) mass is 255 g/mol. The maximum atomic E-state index is 5.98. The lowest BCUT2D eigenvalue weighted by Gasteiger charge is -2.23. The summed E-state index contributed by atoms with van der Waals surface area (Å²) in [5.41, 5.74) is 0. The van der Waals surface area contributed by atoms with Gasteiger partial charge in [0.1, 0.15) is 5.75 Å². The average Bonchev–Trinajstić information content (AvgIpc) is 2.49. The van der Waals surface area contributed by atoms with E-state index in [0.29, 0.717) is 6.04 Å². The summed E-state index contributed by atoms with van der Waals surface area (Å²) >= 11 is 0. The van der Waals surface area contributed by atoms with Gasteiger partial charge < -0.3 is 10.1 Å². The van der Waals surface area contributed by atoms with Crippen LogP contribution in [0.25, 0.3) is 10.8 Å². The van der Waals surface area contributed by atoms with Crippen LogP contribution in [-0.2, 0) is 0 Å². The Balaban J connectivity index is 1.62. The van der Waals surface area contributed by atoms with Crippen molar-refractivity contribution in [2.75, 3.05) is 13.2 Å². The Morgan fingerprint density at radius 2 is 1.95 bits per heavy atom. The number of piperidine rings is 1. The van der Waals surface area contributed by atoms with Crippen LogP contribution in [0.3, 0.4) is 0 Å². The first kappa shape index (κ1) is 12.5. The van der Waals surface area contributed by atoms with E-state index in [1.165, 1.54) is 36.6 Å². The van der Waals surface area contributed by atoms with Gasteiger partial charge in [-0.05, 0) is 37.3 Å². The highest BCUT2D eigenvalue weighted by Crippen LogP contribution is 2.25. The van der Waals surface area contributed by atoms with Crippen molar-refractivity contribution in [2.24, 2.45) is 0 Å². The third-order valence-electron chi connectivity index (χ3n) is 3.89. The van der Waals surface area contributed by atoms with Gasteiger partial charge in [-0.1, -0.05) is 42.8 Å². The van der Waals surface area contributed by atoms with Crippen LogP contribution in [0.15, 0.2) is 42.5 Å². The third-order valence-corrected chi connectivity index (χ3v) is 3.89. The van der Waals surface area contributed by atoms with E-state index < -0.39 is 0 Å². The topological polar surface area (TPSA) is 21.3 Å². The minimum atomic E-state index is 0.642. The summed E-state index contributed by atoms with van der Waals surface area (Å²) < 4.78 is 5.98. The lowest BCUT2D eigenvalue weighted by Crippen LogP contribution is -2.35. The molecule has 2 nitrogen and oxygen atoms in total. The number of hydrogen-bond donors (Lipinski definition) is 1. The second-order valence-electron chi connectivity index (χ2n) is 5.26. The number of fused-ring (bicyclic) bond motifs is 1. The van der Waals surface area contributed by atoms with Gasteiger partial charge in [-0.15, -0.1) is 0 Å². The predicted octanol–water partition coefficient (Wildman–Crippen LogP) is 3.75. The molecular weight excluding hydrogens is 234 g/mol. The highest BCUT2D eigenvalue weighted by Gasteiger charge is 2.12. The van der Waals surface area contributed by atoms with Crippen LogP contribution >= 0.6 is 0 Å².